The van der Waals surface area contributed by atoms with Crippen LogP contribution >= 0.6 is 31.9 Å². The van der Waals surface area contributed by atoms with Crippen LogP contribution in [0, 0.1) is 13.8 Å². The summed E-state index contributed by atoms with van der Waals surface area (Å²) in [6.45, 7) is 4.23. The van der Waals surface area contributed by atoms with Gasteiger partial charge in [0.2, 0.25) is 0 Å². The number of carbonyl (C=O) groups excluding carboxylic acids is 1. The summed E-state index contributed by atoms with van der Waals surface area (Å²) in [6, 6.07) is 17.8. The zero-order valence-electron chi connectivity index (χ0n) is 15.5. The van der Waals surface area contributed by atoms with Crippen molar-refractivity contribution in [3.63, 3.8) is 0 Å². The van der Waals surface area contributed by atoms with E-state index in [0.29, 0.717) is 0 Å². The molecule has 7 heteroatoms. The second-order valence-corrected chi connectivity index (χ2v) is 8.13. The van der Waals surface area contributed by atoms with E-state index >= 15 is 0 Å². The molecule has 3 aromatic rings. The molecule has 144 valence electrons. The third-order valence-corrected chi connectivity index (χ3v) is 5.25. The molecular weight excluding hydrogens is 484 g/mol. The Balaban J connectivity index is 1.62. The standard InChI is InChI=1S/C21H20Br2N4O/c1-14-10-16(15(2)27(14)20-5-3-4-18(23)11-20)12-25-26-21(28)13-24-19-8-6-17(22)7-9-19/h3-12,24H,13H2,1-2H3,(H,26,28)/b25-12-. The summed E-state index contributed by atoms with van der Waals surface area (Å²) < 4.78 is 4.18. The van der Waals surface area contributed by atoms with E-state index < -0.39 is 0 Å². The normalized spacial score (nSPS) is 11.0. The van der Waals surface area contributed by atoms with Crippen molar-refractivity contribution >= 4 is 49.7 Å². The summed E-state index contributed by atoms with van der Waals surface area (Å²) in [5, 5.41) is 7.16. The molecule has 0 spiro atoms. The molecule has 0 atom stereocenters. The van der Waals surface area contributed by atoms with Gasteiger partial charge in [0.15, 0.2) is 0 Å². The highest BCUT2D eigenvalue weighted by atomic mass is 79.9. The van der Waals surface area contributed by atoms with Crippen LogP contribution in [-0.4, -0.2) is 23.2 Å². The lowest BCUT2D eigenvalue weighted by atomic mass is 10.2. The van der Waals surface area contributed by atoms with E-state index in [2.05, 4.69) is 64.4 Å². The second kappa shape index (κ2) is 9.21. The molecule has 1 amide bonds. The van der Waals surface area contributed by atoms with E-state index in [-0.39, 0.29) is 12.5 Å². The molecule has 2 N–H and O–H groups in total. The summed E-state index contributed by atoms with van der Waals surface area (Å²) in [5.74, 6) is -0.208. The summed E-state index contributed by atoms with van der Waals surface area (Å²) in [6.07, 6.45) is 1.67. The first-order valence-electron chi connectivity index (χ1n) is 8.70. The van der Waals surface area contributed by atoms with Gasteiger partial charge in [0.25, 0.3) is 5.91 Å². The van der Waals surface area contributed by atoms with Gasteiger partial charge in [0.05, 0.1) is 12.8 Å². The maximum absolute atomic E-state index is 12.0. The molecule has 0 unspecified atom stereocenters. The van der Waals surface area contributed by atoms with E-state index in [1.807, 2.05) is 56.3 Å². The van der Waals surface area contributed by atoms with Crippen molar-refractivity contribution in [2.24, 2.45) is 5.10 Å². The van der Waals surface area contributed by atoms with Crippen LogP contribution in [0.25, 0.3) is 5.69 Å². The maximum Gasteiger partial charge on any atom is 0.259 e. The van der Waals surface area contributed by atoms with Gasteiger partial charge in [-0.25, -0.2) is 5.43 Å². The monoisotopic (exact) mass is 502 g/mol. The molecule has 0 aliphatic carbocycles. The lowest BCUT2D eigenvalue weighted by Crippen LogP contribution is -2.25. The smallest absolute Gasteiger partial charge is 0.259 e. The molecule has 0 saturated heterocycles. The van der Waals surface area contributed by atoms with Gasteiger partial charge in [0, 0.05) is 37.3 Å². The fourth-order valence-corrected chi connectivity index (χ4v) is 3.55. The molecule has 0 radical (unpaired) electrons. The third kappa shape index (κ3) is 5.11. The first-order valence-corrected chi connectivity index (χ1v) is 10.3. The van der Waals surface area contributed by atoms with Gasteiger partial charge in [-0.2, -0.15) is 5.10 Å². The van der Waals surface area contributed by atoms with E-state index in [4.69, 9.17) is 0 Å². The summed E-state index contributed by atoms with van der Waals surface area (Å²) in [5.41, 5.74) is 7.62. The molecule has 0 saturated carbocycles. The number of aromatic nitrogens is 1. The van der Waals surface area contributed by atoms with Gasteiger partial charge in [-0.1, -0.05) is 37.9 Å². The van der Waals surface area contributed by atoms with Crippen molar-refractivity contribution < 1.29 is 4.79 Å². The summed E-state index contributed by atoms with van der Waals surface area (Å²) in [7, 11) is 0. The van der Waals surface area contributed by atoms with Gasteiger partial charge in [-0.05, 0) is 62.4 Å². The minimum Gasteiger partial charge on any atom is -0.376 e. The SMILES string of the molecule is Cc1cc(/C=N\NC(=O)CNc2ccc(Br)cc2)c(C)n1-c1cccc(Br)c1. The Kier molecular flexibility index (Phi) is 6.70. The number of aryl methyl sites for hydroxylation is 1. The topological polar surface area (TPSA) is 58.4 Å². The molecule has 0 aliphatic rings. The fourth-order valence-electron chi connectivity index (χ4n) is 2.89. The molecule has 3 rings (SSSR count). The van der Waals surface area contributed by atoms with Gasteiger partial charge < -0.3 is 9.88 Å². The number of rotatable bonds is 6. The number of amides is 1. The van der Waals surface area contributed by atoms with E-state index in [1.165, 1.54) is 0 Å². The van der Waals surface area contributed by atoms with Crippen LogP contribution < -0.4 is 10.7 Å². The molecule has 2 aromatic carbocycles. The Morgan fingerprint density at radius 2 is 1.82 bits per heavy atom. The average Bonchev–Trinajstić information content (AvgIpc) is 2.95. The fraction of sp³-hybridized carbons (Fsp3) is 0.143. The first kappa shape index (κ1) is 20.4. The number of nitrogens with one attached hydrogen (secondary N) is 2. The Morgan fingerprint density at radius 1 is 1.07 bits per heavy atom. The van der Waals surface area contributed by atoms with E-state index in [0.717, 1.165) is 37.3 Å². The molecule has 5 nitrogen and oxygen atoms in total. The van der Waals surface area contributed by atoms with Crippen LogP contribution in [0.15, 0.2) is 68.6 Å². The number of carbonyl (C=O) groups is 1. The van der Waals surface area contributed by atoms with Crippen LogP contribution in [0.2, 0.25) is 0 Å². The highest BCUT2D eigenvalue weighted by molar-refractivity contribution is 9.10. The van der Waals surface area contributed by atoms with Gasteiger partial charge >= 0.3 is 0 Å². The number of hydrogen-bond acceptors (Lipinski definition) is 3. The van der Waals surface area contributed by atoms with Crippen molar-refractivity contribution in [2.45, 2.75) is 13.8 Å². The van der Waals surface area contributed by atoms with E-state index in [1.54, 1.807) is 6.21 Å². The number of hydrazone groups is 1. The third-order valence-electron chi connectivity index (χ3n) is 4.23. The number of hydrogen-bond donors (Lipinski definition) is 2. The second-order valence-electron chi connectivity index (χ2n) is 6.30. The molecule has 28 heavy (non-hydrogen) atoms. The van der Waals surface area contributed by atoms with Crippen molar-refractivity contribution in [2.75, 3.05) is 11.9 Å². The molecule has 1 aromatic heterocycles. The van der Waals surface area contributed by atoms with Gasteiger partial charge in [0.1, 0.15) is 0 Å². The highest BCUT2D eigenvalue weighted by Gasteiger charge is 2.09. The molecule has 1 heterocycles. The number of halogens is 2. The Bertz CT molecular complexity index is 1010. The number of benzene rings is 2. The minimum absolute atomic E-state index is 0.149. The zero-order chi connectivity index (χ0) is 20.1. The average molecular weight is 504 g/mol. The Morgan fingerprint density at radius 3 is 2.54 bits per heavy atom. The number of anilines is 1. The molecule has 0 fully saturated rings. The van der Waals surface area contributed by atoms with Crippen molar-refractivity contribution in [3.05, 3.63) is 80.5 Å². The largest absolute Gasteiger partial charge is 0.376 e. The predicted octanol–water partition coefficient (Wildman–Crippen LogP) is 5.18. The lowest BCUT2D eigenvalue weighted by Gasteiger charge is -2.09. The molecule has 0 bridgehead atoms. The predicted molar refractivity (Wildman–Crippen MR) is 121 cm³/mol. The zero-order valence-corrected chi connectivity index (χ0v) is 18.7. The quantitative estimate of drug-likeness (QED) is 0.359. The summed E-state index contributed by atoms with van der Waals surface area (Å²) in [4.78, 5) is 12.0. The Labute approximate surface area is 181 Å². The summed E-state index contributed by atoms with van der Waals surface area (Å²) >= 11 is 6.90. The first-order chi connectivity index (χ1) is 13.4. The molecule has 0 aliphatic heterocycles. The Hall–Kier alpha value is -2.38. The van der Waals surface area contributed by atoms with Crippen LogP contribution in [0.4, 0.5) is 5.69 Å². The van der Waals surface area contributed by atoms with Crippen molar-refractivity contribution in [3.8, 4) is 5.69 Å². The van der Waals surface area contributed by atoms with Crippen molar-refractivity contribution in [1.29, 1.82) is 0 Å². The van der Waals surface area contributed by atoms with Gasteiger partial charge in [-0.3, -0.25) is 4.79 Å². The van der Waals surface area contributed by atoms with E-state index in [9.17, 15) is 4.79 Å². The number of nitrogens with zero attached hydrogens (tertiary/aromatic N) is 2. The van der Waals surface area contributed by atoms with Gasteiger partial charge in [-0.15, -0.1) is 0 Å². The highest BCUT2D eigenvalue weighted by Crippen LogP contribution is 2.22. The minimum atomic E-state index is -0.208. The maximum atomic E-state index is 12.0. The van der Waals surface area contributed by atoms with Crippen LogP contribution in [-0.2, 0) is 4.79 Å². The molecular formula is C21H20Br2N4O. The van der Waals surface area contributed by atoms with Crippen LogP contribution in [0.3, 0.4) is 0 Å². The van der Waals surface area contributed by atoms with Crippen LogP contribution in [0.5, 0.6) is 0 Å². The van der Waals surface area contributed by atoms with Crippen LogP contribution in [0.1, 0.15) is 17.0 Å². The van der Waals surface area contributed by atoms with Crippen molar-refractivity contribution in [1.82, 2.24) is 9.99 Å². The lowest BCUT2D eigenvalue weighted by molar-refractivity contribution is -0.119.